The van der Waals surface area contributed by atoms with Gasteiger partial charge in [-0.05, 0) is 30.3 Å². The lowest BCUT2D eigenvalue weighted by molar-refractivity contribution is 0.0748. The Kier molecular flexibility index (Phi) is 4.40. The second kappa shape index (κ2) is 7.35. The molecule has 0 aliphatic carbocycles. The molecule has 0 spiro atoms. The van der Waals surface area contributed by atoms with Crippen LogP contribution in [0.15, 0.2) is 67.1 Å². The summed E-state index contributed by atoms with van der Waals surface area (Å²) in [4.78, 5) is 24.3. The number of rotatable bonds is 3. The molecule has 1 aromatic carbocycles. The lowest BCUT2D eigenvalue weighted by Gasteiger charge is -2.35. The molecule has 0 saturated carbocycles. The predicted molar refractivity (Wildman–Crippen MR) is 112 cm³/mol. The number of nitrogens with one attached hydrogen (secondary N) is 1. The number of amides is 1. The van der Waals surface area contributed by atoms with Crippen molar-refractivity contribution in [1.82, 2.24) is 25.1 Å². The van der Waals surface area contributed by atoms with Gasteiger partial charge in [0.1, 0.15) is 0 Å². The molecule has 7 nitrogen and oxygen atoms in total. The number of aromatic nitrogens is 4. The summed E-state index contributed by atoms with van der Waals surface area (Å²) in [7, 11) is 0. The molecule has 1 aliphatic heterocycles. The number of pyridine rings is 1. The van der Waals surface area contributed by atoms with E-state index in [0.29, 0.717) is 13.1 Å². The van der Waals surface area contributed by atoms with Crippen LogP contribution >= 0.6 is 0 Å². The fraction of sp³-hybridized carbons (Fsp3) is 0.182. The van der Waals surface area contributed by atoms with E-state index in [2.05, 4.69) is 25.1 Å². The molecule has 29 heavy (non-hydrogen) atoms. The van der Waals surface area contributed by atoms with E-state index in [9.17, 15) is 4.79 Å². The second-order valence-corrected chi connectivity index (χ2v) is 7.05. The second-order valence-electron chi connectivity index (χ2n) is 7.05. The van der Waals surface area contributed by atoms with Gasteiger partial charge < -0.3 is 14.8 Å². The van der Waals surface area contributed by atoms with E-state index in [0.717, 1.165) is 46.6 Å². The molecule has 1 amide bonds. The fourth-order valence-electron chi connectivity index (χ4n) is 3.72. The molecule has 1 saturated heterocycles. The van der Waals surface area contributed by atoms with Crippen LogP contribution in [0, 0.1) is 0 Å². The number of aromatic amines is 1. The van der Waals surface area contributed by atoms with E-state index in [-0.39, 0.29) is 5.91 Å². The van der Waals surface area contributed by atoms with Crippen LogP contribution in [0.4, 0.5) is 5.82 Å². The maximum atomic E-state index is 13.0. The van der Waals surface area contributed by atoms with Crippen LogP contribution in [0.2, 0.25) is 0 Å². The summed E-state index contributed by atoms with van der Waals surface area (Å²) >= 11 is 0. The van der Waals surface area contributed by atoms with Crippen LogP contribution in [-0.4, -0.2) is 57.2 Å². The molecule has 0 unspecified atom stereocenters. The number of hydrogen-bond donors (Lipinski definition) is 1. The normalized spacial score (nSPS) is 14.3. The van der Waals surface area contributed by atoms with Gasteiger partial charge in [0.05, 0.1) is 11.3 Å². The number of nitrogens with zero attached hydrogens (tertiary/aromatic N) is 5. The Morgan fingerprint density at radius 2 is 1.79 bits per heavy atom. The molecule has 3 aromatic heterocycles. The van der Waals surface area contributed by atoms with E-state index < -0.39 is 0 Å². The standard InChI is InChI=1S/C22H20N6O/c29-22(18-15-24-20-6-2-1-5-17(18)20)28-12-10-27(11-13-28)21-8-7-19(25-26-21)16-4-3-9-23-14-16/h1-9,14-15,24H,10-13H2. The van der Waals surface area contributed by atoms with E-state index in [1.54, 1.807) is 12.4 Å². The molecule has 144 valence electrons. The molecule has 4 aromatic rings. The number of H-pyrrole nitrogens is 1. The fourth-order valence-corrected chi connectivity index (χ4v) is 3.72. The first kappa shape index (κ1) is 17.4. The largest absolute Gasteiger partial charge is 0.360 e. The first-order valence-corrected chi connectivity index (χ1v) is 9.64. The molecular weight excluding hydrogens is 364 g/mol. The molecule has 0 atom stereocenters. The summed E-state index contributed by atoms with van der Waals surface area (Å²) in [6.07, 6.45) is 5.32. The number of benzene rings is 1. The van der Waals surface area contributed by atoms with Gasteiger partial charge in [-0.2, -0.15) is 0 Å². The van der Waals surface area contributed by atoms with E-state index in [1.165, 1.54) is 0 Å². The molecule has 1 aliphatic rings. The Balaban J connectivity index is 1.26. The van der Waals surface area contributed by atoms with Gasteiger partial charge >= 0.3 is 0 Å². The number of fused-ring (bicyclic) bond motifs is 1. The number of para-hydroxylation sites is 1. The third-order valence-corrected chi connectivity index (χ3v) is 5.32. The molecule has 0 radical (unpaired) electrons. The van der Waals surface area contributed by atoms with Gasteiger partial charge in [0.15, 0.2) is 5.82 Å². The number of carbonyl (C=O) groups excluding carboxylic acids is 1. The van der Waals surface area contributed by atoms with E-state index in [1.807, 2.05) is 59.6 Å². The summed E-state index contributed by atoms with van der Waals surface area (Å²) < 4.78 is 0. The summed E-state index contributed by atoms with van der Waals surface area (Å²) in [5.74, 6) is 0.900. The maximum absolute atomic E-state index is 13.0. The van der Waals surface area contributed by atoms with Gasteiger partial charge in [-0.15, -0.1) is 10.2 Å². The summed E-state index contributed by atoms with van der Waals surface area (Å²) in [5.41, 5.74) is 3.46. The van der Waals surface area contributed by atoms with Crippen molar-refractivity contribution in [3.8, 4) is 11.3 Å². The van der Waals surface area contributed by atoms with Crippen molar-refractivity contribution < 1.29 is 4.79 Å². The van der Waals surface area contributed by atoms with Gasteiger partial charge in [0.25, 0.3) is 5.91 Å². The zero-order chi connectivity index (χ0) is 19.6. The van der Waals surface area contributed by atoms with Crippen molar-refractivity contribution in [2.75, 3.05) is 31.1 Å². The van der Waals surface area contributed by atoms with Crippen LogP contribution < -0.4 is 4.90 Å². The zero-order valence-corrected chi connectivity index (χ0v) is 15.8. The van der Waals surface area contributed by atoms with Gasteiger partial charge in [0, 0.05) is 61.2 Å². The van der Waals surface area contributed by atoms with Gasteiger partial charge in [-0.25, -0.2) is 0 Å². The van der Waals surface area contributed by atoms with Crippen molar-refractivity contribution in [2.24, 2.45) is 0 Å². The summed E-state index contributed by atoms with van der Waals surface area (Å²) in [6, 6.07) is 15.7. The molecule has 0 bridgehead atoms. The SMILES string of the molecule is O=C(c1c[nH]c2ccccc12)N1CCN(c2ccc(-c3cccnc3)nn2)CC1. The van der Waals surface area contributed by atoms with Crippen LogP contribution in [0.3, 0.4) is 0 Å². The third-order valence-electron chi connectivity index (χ3n) is 5.32. The molecule has 7 heteroatoms. The Morgan fingerprint density at radius 3 is 2.55 bits per heavy atom. The number of anilines is 1. The molecule has 1 fully saturated rings. The minimum Gasteiger partial charge on any atom is -0.360 e. The van der Waals surface area contributed by atoms with Gasteiger partial charge in [0.2, 0.25) is 0 Å². The smallest absolute Gasteiger partial charge is 0.256 e. The highest BCUT2D eigenvalue weighted by atomic mass is 16.2. The Hall–Kier alpha value is -3.74. The third kappa shape index (κ3) is 3.31. The number of carbonyl (C=O) groups is 1. The summed E-state index contributed by atoms with van der Waals surface area (Å²) in [5, 5.41) is 9.69. The van der Waals surface area contributed by atoms with Crippen molar-refractivity contribution >= 4 is 22.6 Å². The monoisotopic (exact) mass is 384 g/mol. The summed E-state index contributed by atoms with van der Waals surface area (Å²) in [6.45, 7) is 2.78. The Bertz CT molecular complexity index is 1130. The molecule has 4 heterocycles. The molecule has 5 rings (SSSR count). The first-order chi connectivity index (χ1) is 14.3. The van der Waals surface area contributed by atoms with Crippen LogP contribution in [-0.2, 0) is 0 Å². The Morgan fingerprint density at radius 1 is 0.931 bits per heavy atom. The predicted octanol–water partition coefficient (Wildman–Crippen LogP) is 2.98. The van der Waals surface area contributed by atoms with E-state index >= 15 is 0 Å². The van der Waals surface area contributed by atoms with Gasteiger partial charge in [-0.1, -0.05) is 18.2 Å². The van der Waals surface area contributed by atoms with Crippen molar-refractivity contribution in [3.05, 3.63) is 72.7 Å². The van der Waals surface area contributed by atoms with Gasteiger partial charge in [-0.3, -0.25) is 9.78 Å². The highest BCUT2D eigenvalue weighted by Gasteiger charge is 2.24. The topological polar surface area (TPSA) is 78.0 Å². The average Bonchev–Trinajstić information content (AvgIpc) is 3.24. The number of hydrogen-bond acceptors (Lipinski definition) is 5. The van der Waals surface area contributed by atoms with Crippen molar-refractivity contribution in [2.45, 2.75) is 0 Å². The molecule has 1 N–H and O–H groups in total. The quantitative estimate of drug-likeness (QED) is 0.588. The highest BCUT2D eigenvalue weighted by molar-refractivity contribution is 6.06. The Labute approximate surface area is 168 Å². The van der Waals surface area contributed by atoms with E-state index in [4.69, 9.17) is 0 Å². The number of piperazine rings is 1. The zero-order valence-electron chi connectivity index (χ0n) is 15.8. The average molecular weight is 384 g/mol. The lowest BCUT2D eigenvalue weighted by Crippen LogP contribution is -2.49. The minimum atomic E-state index is 0.0695. The van der Waals surface area contributed by atoms with Crippen molar-refractivity contribution in [3.63, 3.8) is 0 Å². The van der Waals surface area contributed by atoms with Crippen LogP contribution in [0.1, 0.15) is 10.4 Å². The highest BCUT2D eigenvalue weighted by Crippen LogP contribution is 2.22. The van der Waals surface area contributed by atoms with Crippen LogP contribution in [0.25, 0.3) is 22.2 Å². The lowest BCUT2D eigenvalue weighted by atomic mass is 10.1. The van der Waals surface area contributed by atoms with Crippen molar-refractivity contribution in [1.29, 1.82) is 0 Å². The minimum absolute atomic E-state index is 0.0695. The maximum Gasteiger partial charge on any atom is 0.256 e. The molecular formula is C22H20N6O. The first-order valence-electron chi connectivity index (χ1n) is 9.64. The van der Waals surface area contributed by atoms with Crippen LogP contribution in [0.5, 0.6) is 0 Å².